The molecular weight excluding hydrogens is 339 g/mol. The maximum Gasteiger partial charge on any atom is 0.163 e. The molecule has 0 aliphatic heterocycles. The van der Waals surface area contributed by atoms with Crippen molar-refractivity contribution >= 4 is 21.7 Å². The highest BCUT2D eigenvalue weighted by molar-refractivity contribution is 9.10. The molecule has 0 unspecified atom stereocenters. The molecule has 0 radical (unpaired) electrons. The van der Waals surface area contributed by atoms with Crippen LogP contribution in [0, 0.1) is 5.82 Å². The zero-order valence-electron chi connectivity index (χ0n) is 11.0. The fourth-order valence-electron chi connectivity index (χ4n) is 2.67. The number of phenols is 1. The standard InChI is InChI=1S/C16H12BrFO3/c17-13-4-9(7-19)10(5-14(13)18)12-3-8-1-2-15(20)11(8)6-16(12)21/h3-6,19,21H,1-2,7H2. The van der Waals surface area contributed by atoms with Gasteiger partial charge in [-0.05, 0) is 63.3 Å². The second kappa shape index (κ2) is 5.24. The van der Waals surface area contributed by atoms with Crippen molar-refractivity contribution in [1.82, 2.24) is 0 Å². The van der Waals surface area contributed by atoms with Crippen LogP contribution in [-0.4, -0.2) is 16.0 Å². The highest BCUT2D eigenvalue weighted by atomic mass is 79.9. The Morgan fingerprint density at radius 2 is 1.86 bits per heavy atom. The number of fused-ring (bicyclic) bond motifs is 1. The molecule has 0 saturated heterocycles. The van der Waals surface area contributed by atoms with Gasteiger partial charge in [-0.25, -0.2) is 4.39 Å². The molecule has 108 valence electrons. The molecule has 1 aliphatic rings. The van der Waals surface area contributed by atoms with Crippen molar-refractivity contribution in [3.05, 3.63) is 51.2 Å². The van der Waals surface area contributed by atoms with Gasteiger partial charge in [0.25, 0.3) is 0 Å². The number of carbonyl (C=O) groups is 1. The predicted molar refractivity (Wildman–Crippen MR) is 79.8 cm³/mol. The Balaban J connectivity index is 2.22. The van der Waals surface area contributed by atoms with E-state index in [1.54, 1.807) is 6.07 Å². The summed E-state index contributed by atoms with van der Waals surface area (Å²) >= 11 is 3.08. The van der Waals surface area contributed by atoms with Crippen LogP contribution >= 0.6 is 15.9 Å². The Morgan fingerprint density at radius 3 is 2.57 bits per heavy atom. The molecule has 0 amide bonds. The minimum atomic E-state index is -0.474. The van der Waals surface area contributed by atoms with Crippen LogP contribution in [0.4, 0.5) is 4.39 Å². The third kappa shape index (κ3) is 2.36. The molecule has 5 heteroatoms. The topological polar surface area (TPSA) is 57.5 Å². The van der Waals surface area contributed by atoms with E-state index in [1.807, 2.05) is 0 Å². The fourth-order valence-corrected chi connectivity index (χ4v) is 3.06. The molecule has 0 heterocycles. The minimum absolute atomic E-state index is 0.0104. The minimum Gasteiger partial charge on any atom is -0.507 e. The van der Waals surface area contributed by atoms with Gasteiger partial charge in [0.1, 0.15) is 11.6 Å². The van der Waals surface area contributed by atoms with Gasteiger partial charge in [0, 0.05) is 17.5 Å². The normalized spacial score (nSPS) is 13.6. The van der Waals surface area contributed by atoms with Gasteiger partial charge in [0.05, 0.1) is 11.1 Å². The monoisotopic (exact) mass is 350 g/mol. The van der Waals surface area contributed by atoms with E-state index in [4.69, 9.17) is 0 Å². The van der Waals surface area contributed by atoms with Crippen LogP contribution in [0.1, 0.15) is 27.9 Å². The number of aromatic hydroxyl groups is 1. The number of Topliss-reactive ketones (excluding diaryl/α,β-unsaturated/α-hetero) is 1. The van der Waals surface area contributed by atoms with E-state index in [1.165, 1.54) is 18.2 Å². The van der Waals surface area contributed by atoms with Crippen molar-refractivity contribution < 1.29 is 19.4 Å². The first kappa shape index (κ1) is 14.2. The Kier molecular flexibility index (Phi) is 3.55. The number of phenolic OH excluding ortho intramolecular Hbond substituents is 1. The molecule has 2 N–H and O–H groups in total. The molecule has 0 spiro atoms. The lowest BCUT2D eigenvalue weighted by atomic mass is 9.95. The van der Waals surface area contributed by atoms with Crippen molar-refractivity contribution in [2.24, 2.45) is 0 Å². The van der Waals surface area contributed by atoms with E-state index >= 15 is 0 Å². The summed E-state index contributed by atoms with van der Waals surface area (Å²) in [7, 11) is 0. The number of hydrogen-bond acceptors (Lipinski definition) is 3. The lowest BCUT2D eigenvalue weighted by Gasteiger charge is -2.12. The number of ketones is 1. The van der Waals surface area contributed by atoms with Gasteiger partial charge in [-0.2, -0.15) is 0 Å². The third-order valence-corrected chi connectivity index (χ3v) is 4.36. The van der Waals surface area contributed by atoms with Crippen LogP contribution in [0.15, 0.2) is 28.7 Å². The van der Waals surface area contributed by atoms with Gasteiger partial charge in [0.15, 0.2) is 5.78 Å². The Morgan fingerprint density at radius 1 is 1.10 bits per heavy atom. The summed E-state index contributed by atoms with van der Waals surface area (Å²) < 4.78 is 14.0. The number of carbonyl (C=O) groups excluding carboxylic acids is 1. The summed E-state index contributed by atoms with van der Waals surface area (Å²) in [4.78, 5) is 11.7. The van der Waals surface area contributed by atoms with Crippen LogP contribution in [-0.2, 0) is 13.0 Å². The van der Waals surface area contributed by atoms with Crippen molar-refractivity contribution in [2.75, 3.05) is 0 Å². The number of halogens is 2. The summed E-state index contributed by atoms with van der Waals surface area (Å²) in [5.41, 5.74) is 2.74. The largest absolute Gasteiger partial charge is 0.507 e. The first-order chi connectivity index (χ1) is 10.0. The molecule has 3 rings (SSSR count). The average molecular weight is 351 g/mol. The summed E-state index contributed by atoms with van der Waals surface area (Å²) in [5.74, 6) is -0.546. The molecule has 2 aromatic carbocycles. The predicted octanol–water partition coefficient (Wildman–Crippen LogP) is 3.58. The molecule has 0 bridgehead atoms. The van der Waals surface area contributed by atoms with Crippen LogP contribution in [0.2, 0.25) is 0 Å². The fraction of sp³-hybridized carbons (Fsp3) is 0.188. The van der Waals surface area contributed by atoms with E-state index in [-0.39, 0.29) is 22.6 Å². The van der Waals surface area contributed by atoms with Gasteiger partial charge < -0.3 is 10.2 Å². The molecule has 3 nitrogen and oxygen atoms in total. The molecule has 0 aromatic heterocycles. The molecule has 0 saturated carbocycles. The number of aliphatic hydroxyl groups is 1. The van der Waals surface area contributed by atoms with Crippen molar-refractivity contribution in [2.45, 2.75) is 19.4 Å². The van der Waals surface area contributed by atoms with Crippen LogP contribution in [0.5, 0.6) is 5.75 Å². The smallest absolute Gasteiger partial charge is 0.163 e. The lowest BCUT2D eigenvalue weighted by molar-refractivity contribution is 0.0994. The molecule has 0 atom stereocenters. The Labute approximate surface area is 129 Å². The number of rotatable bonds is 2. The SMILES string of the molecule is O=C1CCc2cc(-c3cc(F)c(Br)cc3CO)c(O)cc21. The summed E-state index contributed by atoms with van der Waals surface area (Å²) in [5, 5.41) is 19.6. The lowest BCUT2D eigenvalue weighted by Crippen LogP contribution is -1.96. The quantitative estimate of drug-likeness (QED) is 0.870. The van der Waals surface area contributed by atoms with Crippen molar-refractivity contribution in [3.8, 4) is 16.9 Å². The van der Waals surface area contributed by atoms with Crippen LogP contribution in [0.3, 0.4) is 0 Å². The second-order valence-corrected chi connectivity index (χ2v) is 5.89. The first-order valence-corrected chi connectivity index (χ1v) is 7.28. The number of benzene rings is 2. The van der Waals surface area contributed by atoms with Gasteiger partial charge in [-0.15, -0.1) is 0 Å². The Bertz CT molecular complexity index is 756. The van der Waals surface area contributed by atoms with Gasteiger partial charge >= 0.3 is 0 Å². The molecule has 1 aliphatic carbocycles. The maximum atomic E-state index is 13.8. The Hall–Kier alpha value is -1.72. The zero-order valence-corrected chi connectivity index (χ0v) is 12.6. The number of aliphatic hydroxyl groups excluding tert-OH is 1. The van der Waals surface area contributed by atoms with E-state index in [0.29, 0.717) is 35.1 Å². The van der Waals surface area contributed by atoms with Gasteiger partial charge in [0.2, 0.25) is 0 Å². The average Bonchev–Trinajstić information content (AvgIpc) is 2.81. The number of aryl methyl sites for hydroxylation is 1. The van der Waals surface area contributed by atoms with Crippen molar-refractivity contribution in [3.63, 3.8) is 0 Å². The van der Waals surface area contributed by atoms with Crippen LogP contribution < -0.4 is 0 Å². The summed E-state index contributed by atoms with van der Waals surface area (Å²) in [6.07, 6.45) is 1.05. The maximum absolute atomic E-state index is 13.8. The molecule has 21 heavy (non-hydrogen) atoms. The highest BCUT2D eigenvalue weighted by Gasteiger charge is 2.23. The van der Waals surface area contributed by atoms with E-state index < -0.39 is 5.82 Å². The number of hydrogen-bond donors (Lipinski definition) is 2. The highest BCUT2D eigenvalue weighted by Crippen LogP contribution is 2.38. The van der Waals surface area contributed by atoms with E-state index in [9.17, 15) is 19.4 Å². The third-order valence-electron chi connectivity index (χ3n) is 3.75. The second-order valence-electron chi connectivity index (χ2n) is 5.03. The molecule has 2 aromatic rings. The summed E-state index contributed by atoms with van der Waals surface area (Å²) in [6.45, 7) is -0.274. The zero-order chi connectivity index (χ0) is 15.1. The summed E-state index contributed by atoms with van der Waals surface area (Å²) in [6, 6.07) is 5.90. The van der Waals surface area contributed by atoms with Crippen molar-refractivity contribution in [1.29, 1.82) is 0 Å². The van der Waals surface area contributed by atoms with E-state index in [2.05, 4.69) is 15.9 Å². The van der Waals surface area contributed by atoms with Gasteiger partial charge in [-0.3, -0.25) is 4.79 Å². The van der Waals surface area contributed by atoms with Gasteiger partial charge in [-0.1, -0.05) is 0 Å². The molecular formula is C16H12BrFO3. The molecule has 0 fully saturated rings. The van der Waals surface area contributed by atoms with Crippen LogP contribution in [0.25, 0.3) is 11.1 Å². The van der Waals surface area contributed by atoms with E-state index in [0.717, 1.165) is 5.56 Å². The first-order valence-electron chi connectivity index (χ1n) is 6.49.